The molecule has 7 heteroatoms. The normalized spacial score (nSPS) is 10.0. The van der Waals surface area contributed by atoms with Crippen LogP contribution in [-0.2, 0) is 14.3 Å². The number of nitrogens with one attached hydrogen (secondary N) is 2. The average molecular weight is 370 g/mol. The molecule has 2 aromatic carbocycles. The molecule has 142 valence electrons. The molecule has 0 aliphatic heterocycles. The molecule has 27 heavy (non-hydrogen) atoms. The molecule has 0 fully saturated rings. The van der Waals surface area contributed by atoms with E-state index in [2.05, 4.69) is 10.6 Å². The molecule has 0 atom stereocenters. The number of aryl methyl sites for hydroxylation is 1. The summed E-state index contributed by atoms with van der Waals surface area (Å²) >= 11 is 0. The first kappa shape index (κ1) is 20.0. The van der Waals surface area contributed by atoms with E-state index in [4.69, 9.17) is 9.47 Å². The molecule has 0 aliphatic rings. The van der Waals surface area contributed by atoms with Crippen LogP contribution >= 0.6 is 0 Å². The molecule has 2 amide bonds. The summed E-state index contributed by atoms with van der Waals surface area (Å²) in [4.78, 5) is 35.8. The van der Waals surface area contributed by atoms with Crippen molar-refractivity contribution in [3.05, 3.63) is 53.6 Å². The largest absolute Gasteiger partial charge is 0.495 e. The van der Waals surface area contributed by atoms with Crippen molar-refractivity contribution in [2.24, 2.45) is 0 Å². The molecular weight excluding hydrogens is 348 g/mol. The van der Waals surface area contributed by atoms with E-state index in [1.165, 1.54) is 7.11 Å². The molecule has 0 spiro atoms. The number of rotatable bonds is 7. The van der Waals surface area contributed by atoms with E-state index < -0.39 is 17.8 Å². The van der Waals surface area contributed by atoms with Crippen LogP contribution < -0.4 is 15.4 Å². The van der Waals surface area contributed by atoms with Gasteiger partial charge in [0.2, 0.25) is 11.8 Å². The highest BCUT2D eigenvalue weighted by Gasteiger charge is 2.13. The van der Waals surface area contributed by atoms with Gasteiger partial charge in [-0.25, -0.2) is 4.79 Å². The van der Waals surface area contributed by atoms with E-state index in [9.17, 15) is 14.4 Å². The summed E-state index contributed by atoms with van der Waals surface area (Å²) in [5.41, 5.74) is 2.33. The quantitative estimate of drug-likeness (QED) is 0.577. The third-order valence-corrected chi connectivity index (χ3v) is 3.63. The van der Waals surface area contributed by atoms with Gasteiger partial charge in [0.1, 0.15) is 12.2 Å². The lowest BCUT2D eigenvalue weighted by molar-refractivity contribution is -0.123. The maximum Gasteiger partial charge on any atom is 0.338 e. The highest BCUT2D eigenvalue weighted by atomic mass is 16.5. The van der Waals surface area contributed by atoms with E-state index in [1.54, 1.807) is 43.3 Å². The van der Waals surface area contributed by atoms with E-state index in [1.807, 2.05) is 13.0 Å². The summed E-state index contributed by atoms with van der Waals surface area (Å²) in [6, 6.07) is 11.6. The lowest BCUT2D eigenvalue weighted by atomic mass is 10.2. The van der Waals surface area contributed by atoms with Crippen LogP contribution in [0.15, 0.2) is 42.5 Å². The van der Waals surface area contributed by atoms with Gasteiger partial charge in [-0.2, -0.15) is 0 Å². The van der Waals surface area contributed by atoms with Gasteiger partial charge < -0.3 is 20.1 Å². The molecule has 2 rings (SSSR count). The number of carbonyl (C=O) groups excluding carboxylic acids is 3. The average Bonchev–Trinajstić information content (AvgIpc) is 2.62. The van der Waals surface area contributed by atoms with Crippen molar-refractivity contribution in [3.8, 4) is 5.75 Å². The van der Waals surface area contributed by atoms with Crippen molar-refractivity contribution in [2.75, 3.05) is 24.4 Å². The topological polar surface area (TPSA) is 93.7 Å². The fraction of sp³-hybridized carbons (Fsp3) is 0.250. The van der Waals surface area contributed by atoms with Crippen molar-refractivity contribution in [1.29, 1.82) is 0 Å². The van der Waals surface area contributed by atoms with Crippen molar-refractivity contribution in [2.45, 2.75) is 20.3 Å². The predicted octanol–water partition coefficient (Wildman–Crippen LogP) is 3.15. The zero-order valence-electron chi connectivity index (χ0n) is 15.5. The lowest BCUT2D eigenvalue weighted by Crippen LogP contribution is -2.21. The smallest absolute Gasteiger partial charge is 0.338 e. The molecular formula is C20H22N2O5. The number of benzene rings is 2. The minimum atomic E-state index is -0.469. The van der Waals surface area contributed by atoms with E-state index in [0.29, 0.717) is 22.7 Å². The van der Waals surface area contributed by atoms with Gasteiger partial charge in [-0.3, -0.25) is 9.59 Å². The third kappa shape index (κ3) is 5.85. The Hall–Kier alpha value is -3.35. The van der Waals surface area contributed by atoms with Gasteiger partial charge in [-0.15, -0.1) is 0 Å². The monoisotopic (exact) mass is 370 g/mol. The first-order valence-electron chi connectivity index (χ1n) is 8.44. The van der Waals surface area contributed by atoms with Gasteiger partial charge in [-0.05, 0) is 55.8 Å². The number of esters is 1. The van der Waals surface area contributed by atoms with Gasteiger partial charge in [0.25, 0.3) is 0 Å². The Morgan fingerprint density at radius 2 is 1.63 bits per heavy atom. The zero-order chi connectivity index (χ0) is 19.8. The summed E-state index contributed by atoms with van der Waals surface area (Å²) in [6.07, 6.45) is -0.350. The van der Waals surface area contributed by atoms with E-state index in [0.717, 1.165) is 5.56 Å². The Morgan fingerprint density at radius 1 is 0.963 bits per heavy atom. The minimum absolute atomic E-state index is 0.290. The van der Waals surface area contributed by atoms with Crippen LogP contribution in [-0.4, -0.2) is 31.5 Å². The first-order chi connectivity index (χ1) is 12.9. The Morgan fingerprint density at radius 3 is 2.26 bits per heavy atom. The Labute approximate surface area is 157 Å². The second-order valence-electron chi connectivity index (χ2n) is 5.77. The van der Waals surface area contributed by atoms with Gasteiger partial charge in [0, 0.05) is 5.69 Å². The predicted molar refractivity (Wildman–Crippen MR) is 102 cm³/mol. The zero-order valence-corrected chi connectivity index (χ0v) is 15.5. The Balaban J connectivity index is 1.92. The lowest BCUT2D eigenvalue weighted by Gasteiger charge is -2.11. The van der Waals surface area contributed by atoms with Crippen molar-refractivity contribution >= 4 is 29.2 Å². The molecule has 0 bridgehead atoms. The molecule has 2 aromatic rings. The molecule has 0 saturated heterocycles. The highest BCUT2D eigenvalue weighted by Crippen LogP contribution is 2.25. The summed E-state index contributed by atoms with van der Waals surface area (Å²) in [6.45, 7) is 3.91. The summed E-state index contributed by atoms with van der Waals surface area (Å²) in [7, 11) is 1.51. The molecule has 0 aromatic heterocycles. The van der Waals surface area contributed by atoms with Gasteiger partial charge in [-0.1, -0.05) is 6.07 Å². The minimum Gasteiger partial charge on any atom is -0.495 e. The maximum atomic E-state index is 12.1. The fourth-order valence-corrected chi connectivity index (χ4v) is 2.37. The molecule has 0 radical (unpaired) electrons. The first-order valence-corrected chi connectivity index (χ1v) is 8.44. The molecule has 0 heterocycles. The molecule has 0 aliphatic carbocycles. The van der Waals surface area contributed by atoms with Crippen molar-refractivity contribution in [3.63, 3.8) is 0 Å². The highest BCUT2D eigenvalue weighted by molar-refractivity contribution is 6.08. The number of methoxy groups -OCH3 is 1. The standard InChI is InChI=1S/C20H22N2O5/c1-4-27-20(25)14-6-8-15(9-7-14)21-18(23)12-19(24)22-16-11-13(2)5-10-17(16)26-3/h5-11H,4,12H2,1-3H3,(H,21,23)(H,22,24). The van der Waals surface area contributed by atoms with Crippen LogP contribution in [0, 0.1) is 6.92 Å². The van der Waals surface area contributed by atoms with Gasteiger partial charge >= 0.3 is 5.97 Å². The van der Waals surface area contributed by atoms with Crippen LogP contribution in [0.25, 0.3) is 0 Å². The second kappa shape index (κ2) is 9.38. The van der Waals surface area contributed by atoms with Crippen LogP contribution in [0.4, 0.5) is 11.4 Å². The number of amides is 2. The Bertz CT molecular complexity index is 831. The summed E-state index contributed by atoms with van der Waals surface area (Å²) in [5.74, 6) is -0.840. The second-order valence-corrected chi connectivity index (χ2v) is 5.77. The van der Waals surface area contributed by atoms with Crippen LogP contribution in [0.2, 0.25) is 0 Å². The third-order valence-electron chi connectivity index (χ3n) is 3.63. The molecule has 0 saturated carbocycles. The van der Waals surface area contributed by atoms with E-state index >= 15 is 0 Å². The van der Waals surface area contributed by atoms with Crippen molar-refractivity contribution < 1.29 is 23.9 Å². The van der Waals surface area contributed by atoms with E-state index in [-0.39, 0.29) is 13.0 Å². The molecule has 2 N–H and O–H groups in total. The van der Waals surface area contributed by atoms with Crippen molar-refractivity contribution in [1.82, 2.24) is 0 Å². The SMILES string of the molecule is CCOC(=O)c1ccc(NC(=O)CC(=O)Nc2cc(C)ccc2OC)cc1. The van der Waals surface area contributed by atoms with Gasteiger partial charge in [0.05, 0.1) is 25.0 Å². The van der Waals surface area contributed by atoms with Crippen LogP contribution in [0.1, 0.15) is 29.3 Å². The van der Waals surface area contributed by atoms with Gasteiger partial charge in [0.15, 0.2) is 0 Å². The number of anilines is 2. The molecule has 7 nitrogen and oxygen atoms in total. The summed E-state index contributed by atoms with van der Waals surface area (Å²) in [5, 5.41) is 5.28. The maximum absolute atomic E-state index is 12.1. The number of ether oxygens (including phenoxy) is 2. The number of carbonyl (C=O) groups is 3. The Kier molecular flexibility index (Phi) is 6.93. The number of hydrogen-bond acceptors (Lipinski definition) is 5. The number of hydrogen-bond donors (Lipinski definition) is 2. The van der Waals surface area contributed by atoms with Crippen LogP contribution in [0.5, 0.6) is 5.75 Å². The molecule has 0 unspecified atom stereocenters. The van der Waals surface area contributed by atoms with Crippen LogP contribution in [0.3, 0.4) is 0 Å². The fourth-order valence-electron chi connectivity index (χ4n) is 2.37. The summed E-state index contributed by atoms with van der Waals surface area (Å²) < 4.78 is 10.1.